The molecule has 0 bridgehead atoms. The minimum Gasteiger partial charge on any atom is -0.381 e. The van der Waals surface area contributed by atoms with Crippen molar-refractivity contribution in [3.63, 3.8) is 0 Å². The van der Waals surface area contributed by atoms with Gasteiger partial charge in [0, 0.05) is 19.8 Å². The van der Waals surface area contributed by atoms with Crippen LogP contribution in [-0.2, 0) is 11.3 Å². The Hall–Kier alpha value is -0.390. The van der Waals surface area contributed by atoms with Crippen LogP contribution in [0, 0.1) is 0 Å². The summed E-state index contributed by atoms with van der Waals surface area (Å²) in [5, 5.41) is 7.97. The third-order valence-electron chi connectivity index (χ3n) is 2.95. The molecule has 0 aliphatic rings. The lowest BCUT2D eigenvalue weighted by Crippen LogP contribution is -2.25. The largest absolute Gasteiger partial charge is 0.381 e. The fourth-order valence-electron chi connectivity index (χ4n) is 2.14. The molecule has 1 N–H and O–H groups in total. The minimum absolute atomic E-state index is 0.297. The summed E-state index contributed by atoms with van der Waals surface area (Å²) in [7, 11) is 0. The molecular weight excluding hydrogens is 306 g/mol. The summed E-state index contributed by atoms with van der Waals surface area (Å²) < 4.78 is 8.79. The Bertz CT molecular complexity index is 354. The zero-order valence-electron chi connectivity index (χ0n) is 12.3. The van der Waals surface area contributed by atoms with Crippen LogP contribution < -0.4 is 5.32 Å². The van der Waals surface area contributed by atoms with Crippen LogP contribution in [0.15, 0.2) is 10.7 Å². The predicted molar refractivity (Wildman–Crippen MR) is 82.4 cm³/mol. The van der Waals surface area contributed by atoms with Crippen molar-refractivity contribution >= 4 is 15.9 Å². The highest BCUT2D eigenvalue weighted by molar-refractivity contribution is 9.10. The van der Waals surface area contributed by atoms with Crippen molar-refractivity contribution in [1.29, 1.82) is 0 Å². The molecule has 1 aromatic rings. The van der Waals surface area contributed by atoms with Crippen molar-refractivity contribution < 1.29 is 4.74 Å². The first kappa shape index (κ1) is 16.7. The highest BCUT2D eigenvalue weighted by Crippen LogP contribution is 2.26. The van der Waals surface area contributed by atoms with E-state index in [1.807, 2.05) is 6.20 Å². The van der Waals surface area contributed by atoms with Crippen LogP contribution >= 0.6 is 15.9 Å². The monoisotopic (exact) mass is 331 g/mol. The topological polar surface area (TPSA) is 39.1 Å². The van der Waals surface area contributed by atoms with Crippen LogP contribution in [0.1, 0.15) is 51.8 Å². The molecule has 1 unspecified atom stereocenters. The zero-order chi connectivity index (χ0) is 14.1. The molecule has 1 heterocycles. The van der Waals surface area contributed by atoms with E-state index < -0.39 is 0 Å². The second-order valence-corrected chi connectivity index (χ2v) is 5.47. The van der Waals surface area contributed by atoms with Gasteiger partial charge in [0.05, 0.1) is 22.4 Å². The van der Waals surface area contributed by atoms with Crippen molar-refractivity contribution in [1.82, 2.24) is 15.1 Å². The molecule has 1 atom stereocenters. The van der Waals surface area contributed by atoms with Crippen LogP contribution in [-0.4, -0.2) is 29.5 Å². The average Bonchev–Trinajstić information content (AvgIpc) is 2.75. The average molecular weight is 332 g/mol. The van der Waals surface area contributed by atoms with E-state index in [9.17, 15) is 0 Å². The maximum absolute atomic E-state index is 5.61. The number of halogens is 1. The van der Waals surface area contributed by atoms with E-state index in [-0.39, 0.29) is 0 Å². The van der Waals surface area contributed by atoms with Crippen LogP contribution in [0.5, 0.6) is 0 Å². The molecule has 0 radical (unpaired) electrons. The first-order valence-electron chi connectivity index (χ1n) is 7.26. The molecule has 0 spiro atoms. The Morgan fingerprint density at radius 2 is 2.11 bits per heavy atom. The fourth-order valence-corrected chi connectivity index (χ4v) is 2.71. The molecular formula is C14H26BrN3O. The first-order chi connectivity index (χ1) is 9.24. The minimum atomic E-state index is 0.297. The van der Waals surface area contributed by atoms with E-state index in [1.54, 1.807) is 0 Å². The first-order valence-corrected chi connectivity index (χ1v) is 8.06. The summed E-state index contributed by atoms with van der Waals surface area (Å²) in [5.74, 6) is 0. The maximum Gasteiger partial charge on any atom is 0.0696 e. The third kappa shape index (κ3) is 5.24. The van der Waals surface area contributed by atoms with E-state index >= 15 is 0 Å². The summed E-state index contributed by atoms with van der Waals surface area (Å²) in [4.78, 5) is 0. The van der Waals surface area contributed by atoms with Gasteiger partial charge in [0.2, 0.25) is 0 Å². The summed E-state index contributed by atoms with van der Waals surface area (Å²) >= 11 is 3.62. The summed E-state index contributed by atoms with van der Waals surface area (Å²) in [6, 6.07) is 0.297. The van der Waals surface area contributed by atoms with Crippen LogP contribution in [0.25, 0.3) is 0 Å². The lowest BCUT2D eigenvalue weighted by Gasteiger charge is -2.20. The van der Waals surface area contributed by atoms with Crippen molar-refractivity contribution in [2.45, 2.75) is 52.6 Å². The predicted octanol–water partition coefficient (Wildman–Crippen LogP) is 3.52. The van der Waals surface area contributed by atoms with E-state index in [1.165, 1.54) is 5.69 Å². The number of aromatic nitrogens is 2. The van der Waals surface area contributed by atoms with Gasteiger partial charge >= 0.3 is 0 Å². The van der Waals surface area contributed by atoms with Crippen molar-refractivity contribution in [2.24, 2.45) is 0 Å². The van der Waals surface area contributed by atoms with Gasteiger partial charge in [0.15, 0.2) is 0 Å². The molecule has 1 aromatic heterocycles. The fraction of sp³-hybridized carbons (Fsp3) is 0.786. The Morgan fingerprint density at radius 3 is 2.74 bits per heavy atom. The van der Waals surface area contributed by atoms with Gasteiger partial charge in [-0.2, -0.15) is 5.10 Å². The van der Waals surface area contributed by atoms with Gasteiger partial charge < -0.3 is 10.1 Å². The second-order valence-electron chi connectivity index (χ2n) is 4.61. The van der Waals surface area contributed by atoms with Crippen molar-refractivity contribution in [3.05, 3.63) is 16.4 Å². The van der Waals surface area contributed by atoms with Crippen LogP contribution in [0.2, 0.25) is 0 Å². The maximum atomic E-state index is 5.61. The number of aryl methyl sites for hydroxylation is 1. The van der Waals surface area contributed by atoms with Gasteiger partial charge in [-0.3, -0.25) is 4.68 Å². The molecule has 110 valence electrons. The molecule has 0 amide bonds. The quantitative estimate of drug-likeness (QED) is 0.666. The van der Waals surface area contributed by atoms with Gasteiger partial charge in [-0.1, -0.05) is 20.8 Å². The van der Waals surface area contributed by atoms with Gasteiger partial charge in [-0.15, -0.1) is 0 Å². The third-order valence-corrected chi connectivity index (χ3v) is 3.56. The molecule has 0 aliphatic heterocycles. The molecule has 1 rings (SSSR count). The van der Waals surface area contributed by atoms with Gasteiger partial charge in [0.25, 0.3) is 0 Å². The summed E-state index contributed by atoms with van der Waals surface area (Å²) in [5.41, 5.74) is 1.24. The lowest BCUT2D eigenvalue weighted by molar-refractivity contribution is 0.124. The standard InChI is InChI=1S/C14H26BrN3O/c1-4-8-18-14(12(15)11-17-18)13(16-6-3)7-10-19-9-5-2/h11,13,16H,4-10H2,1-3H3. The summed E-state index contributed by atoms with van der Waals surface area (Å²) in [6.07, 6.45) is 5.03. The molecule has 4 nitrogen and oxygen atoms in total. The van der Waals surface area contributed by atoms with Gasteiger partial charge in [-0.05, 0) is 41.7 Å². The van der Waals surface area contributed by atoms with Gasteiger partial charge in [0.1, 0.15) is 0 Å². The number of hydrogen-bond donors (Lipinski definition) is 1. The van der Waals surface area contributed by atoms with Gasteiger partial charge in [-0.25, -0.2) is 0 Å². The molecule has 5 heteroatoms. The highest BCUT2D eigenvalue weighted by atomic mass is 79.9. The van der Waals surface area contributed by atoms with Crippen LogP contribution in [0.4, 0.5) is 0 Å². The van der Waals surface area contributed by atoms with Crippen LogP contribution in [0.3, 0.4) is 0 Å². The number of ether oxygens (including phenoxy) is 1. The smallest absolute Gasteiger partial charge is 0.0696 e. The molecule has 0 aromatic carbocycles. The molecule has 0 fully saturated rings. The Balaban J connectivity index is 2.70. The van der Waals surface area contributed by atoms with Crippen molar-refractivity contribution in [2.75, 3.05) is 19.8 Å². The van der Waals surface area contributed by atoms with E-state index in [0.29, 0.717) is 6.04 Å². The summed E-state index contributed by atoms with van der Waals surface area (Å²) in [6.45, 7) is 9.97. The van der Waals surface area contributed by atoms with Crippen molar-refractivity contribution in [3.8, 4) is 0 Å². The molecule has 0 aliphatic carbocycles. The Labute approximate surface area is 125 Å². The number of nitrogens with one attached hydrogen (secondary N) is 1. The Kier molecular flexibility index (Phi) is 8.34. The molecule has 19 heavy (non-hydrogen) atoms. The van der Waals surface area contributed by atoms with E-state index in [0.717, 1.165) is 50.0 Å². The van der Waals surface area contributed by atoms with E-state index in [4.69, 9.17) is 4.74 Å². The molecule has 0 saturated carbocycles. The second kappa shape index (κ2) is 9.50. The Morgan fingerprint density at radius 1 is 1.32 bits per heavy atom. The normalized spacial score (nSPS) is 12.8. The lowest BCUT2D eigenvalue weighted by atomic mass is 10.1. The van der Waals surface area contributed by atoms with E-state index in [2.05, 4.69) is 51.8 Å². The number of rotatable bonds is 10. The molecule has 0 saturated heterocycles. The SMILES string of the molecule is CCCOCCC(NCC)c1c(Br)cnn1CCC. The number of hydrogen-bond acceptors (Lipinski definition) is 3. The number of nitrogens with zero attached hydrogens (tertiary/aromatic N) is 2. The highest BCUT2D eigenvalue weighted by Gasteiger charge is 2.18. The zero-order valence-corrected chi connectivity index (χ0v) is 13.9.